The predicted octanol–water partition coefficient (Wildman–Crippen LogP) is 0.0174. The smallest absolute Gasteiger partial charge is 0.173 e. The standard InChI is InChI=1S/C10H12O3/c1-2-10(13)5-3-6-7(11)9(6,4-5)8(10)12/h3,5,8,12-13H,2,4H2,1H3. The van der Waals surface area contributed by atoms with Gasteiger partial charge in [0, 0.05) is 11.5 Å². The van der Waals surface area contributed by atoms with Crippen molar-refractivity contribution in [3.05, 3.63) is 11.6 Å². The Balaban J connectivity index is 2.13. The van der Waals surface area contributed by atoms with Gasteiger partial charge in [-0.25, -0.2) is 0 Å². The van der Waals surface area contributed by atoms with Crippen molar-refractivity contribution in [1.29, 1.82) is 0 Å². The van der Waals surface area contributed by atoms with Crippen LogP contribution in [0.4, 0.5) is 0 Å². The third-order valence-electron chi connectivity index (χ3n) is 4.13. The molecule has 0 radical (unpaired) electrons. The summed E-state index contributed by atoms with van der Waals surface area (Å²) < 4.78 is 0. The SMILES string of the molecule is CCC1(O)C2C=C3C(=O)C3(C2)C1O. The average molecular weight is 180 g/mol. The first-order chi connectivity index (χ1) is 6.07. The summed E-state index contributed by atoms with van der Waals surface area (Å²) in [4.78, 5) is 11.4. The van der Waals surface area contributed by atoms with Crippen LogP contribution in [0.5, 0.6) is 0 Å². The van der Waals surface area contributed by atoms with Crippen molar-refractivity contribution in [3.63, 3.8) is 0 Å². The van der Waals surface area contributed by atoms with Crippen molar-refractivity contribution in [2.45, 2.75) is 31.5 Å². The zero-order valence-electron chi connectivity index (χ0n) is 7.45. The predicted molar refractivity (Wildman–Crippen MR) is 44.9 cm³/mol. The molecule has 3 aliphatic carbocycles. The summed E-state index contributed by atoms with van der Waals surface area (Å²) in [7, 11) is 0. The summed E-state index contributed by atoms with van der Waals surface area (Å²) in [6.07, 6.45) is 2.14. The van der Waals surface area contributed by atoms with E-state index in [9.17, 15) is 15.0 Å². The Morgan fingerprint density at radius 2 is 2.38 bits per heavy atom. The lowest BCUT2D eigenvalue weighted by Gasteiger charge is -2.32. The van der Waals surface area contributed by atoms with Crippen molar-refractivity contribution in [2.24, 2.45) is 11.3 Å². The summed E-state index contributed by atoms with van der Waals surface area (Å²) >= 11 is 0. The molecule has 3 aliphatic rings. The summed E-state index contributed by atoms with van der Waals surface area (Å²) in [5.41, 5.74) is -0.923. The molecule has 0 aromatic rings. The molecule has 2 bridgehead atoms. The second kappa shape index (κ2) is 1.74. The van der Waals surface area contributed by atoms with Gasteiger partial charge < -0.3 is 10.2 Å². The van der Waals surface area contributed by atoms with Crippen LogP contribution in [0.1, 0.15) is 19.8 Å². The molecule has 0 amide bonds. The first kappa shape index (κ1) is 7.71. The molecule has 13 heavy (non-hydrogen) atoms. The van der Waals surface area contributed by atoms with E-state index in [1.807, 2.05) is 13.0 Å². The first-order valence-electron chi connectivity index (χ1n) is 4.75. The molecule has 4 atom stereocenters. The fourth-order valence-corrected chi connectivity index (χ4v) is 3.15. The molecule has 4 unspecified atom stereocenters. The second-order valence-electron chi connectivity index (χ2n) is 4.44. The number of aliphatic hydroxyl groups excluding tert-OH is 1. The van der Waals surface area contributed by atoms with E-state index in [2.05, 4.69) is 0 Å². The van der Waals surface area contributed by atoms with Crippen LogP contribution in [0.3, 0.4) is 0 Å². The third-order valence-corrected chi connectivity index (χ3v) is 4.13. The second-order valence-corrected chi connectivity index (χ2v) is 4.44. The normalized spacial score (nSPS) is 56.5. The number of hydrogen-bond acceptors (Lipinski definition) is 3. The number of rotatable bonds is 1. The van der Waals surface area contributed by atoms with E-state index in [0.29, 0.717) is 12.8 Å². The van der Waals surface area contributed by atoms with Crippen LogP contribution in [-0.2, 0) is 4.79 Å². The zero-order chi connectivity index (χ0) is 9.43. The maximum Gasteiger partial charge on any atom is 0.173 e. The van der Waals surface area contributed by atoms with Crippen molar-refractivity contribution < 1.29 is 15.0 Å². The molecule has 0 saturated heterocycles. The number of ketones is 1. The van der Waals surface area contributed by atoms with Crippen LogP contribution in [0, 0.1) is 11.3 Å². The summed E-state index contributed by atoms with van der Waals surface area (Å²) in [6, 6.07) is 0. The summed E-state index contributed by atoms with van der Waals surface area (Å²) in [5.74, 6) is 0.0563. The molecular weight excluding hydrogens is 168 g/mol. The van der Waals surface area contributed by atoms with Gasteiger partial charge in [-0.2, -0.15) is 0 Å². The van der Waals surface area contributed by atoms with Crippen molar-refractivity contribution in [3.8, 4) is 0 Å². The van der Waals surface area contributed by atoms with Gasteiger partial charge in [0.05, 0.1) is 11.0 Å². The van der Waals surface area contributed by atoms with Gasteiger partial charge in [0.1, 0.15) is 6.10 Å². The van der Waals surface area contributed by atoms with E-state index in [4.69, 9.17) is 0 Å². The largest absolute Gasteiger partial charge is 0.389 e. The highest BCUT2D eigenvalue weighted by atomic mass is 16.3. The van der Waals surface area contributed by atoms with Crippen LogP contribution >= 0.6 is 0 Å². The maximum absolute atomic E-state index is 11.4. The van der Waals surface area contributed by atoms with Crippen LogP contribution in [0.2, 0.25) is 0 Å². The van der Waals surface area contributed by atoms with Crippen LogP contribution in [0.25, 0.3) is 0 Å². The topological polar surface area (TPSA) is 57.5 Å². The summed E-state index contributed by atoms with van der Waals surface area (Å²) in [5, 5.41) is 20.0. The highest BCUT2D eigenvalue weighted by Gasteiger charge is 2.78. The minimum absolute atomic E-state index is 0.000185. The Bertz CT molecular complexity index is 346. The summed E-state index contributed by atoms with van der Waals surface area (Å²) in [6.45, 7) is 1.85. The van der Waals surface area contributed by atoms with E-state index in [1.165, 1.54) is 0 Å². The first-order valence-corrected chi connectivity index (χ1v) is 4.75. The quantitative estimate of drug-likeness (QED) is 0.598. The lowest BCUT2D eigenvalue weighted by molar-refractivity contribution is -0.120. The molecule has 0 aliphatic heterocycles. The van der Waals surface area contributed by atoms with Gasteiger partial charge >= 0.3 is 0 Å². The number of hydrogen-bond donors (Lipinski definition) is 2. The highest BCUT2D eigenvalue weighted by molar-refractivity contribution is 6.23. The minimum Gasteiger partial charge on any atom is -0.389 e. The van der Waals surface area contributed by atoms with Gasteiger partial charge in [-0.15, -0.1) is 0 Å². The van der Waals surface area contributed by atoms with Gasteiger partial charge in [-0.05, 0) is 12.8 Å². The molecule has 2 saturated carbocycles. The molecule has 70 valence electrons. The minimum atomic E-state index is -1.05. The van der Waals surface area contributed by atoms with Crippen LogP contribution < -0.4 is 0 Å². The van der Waals surface area contributed by atoms with E-state index < -0.39 is 17.1 Å². The molecule has 3 heteroatoms. The van der Waals surface area contributed by atoms with E-state index in [-0.39, 0.29) is 11.7 Å². The van der Waals surface area contributed by atoms with Gasteiger partial charge in [-0.3, -0.25) is 4.79 Å². The fraction of sp³-hybridized carbons (Fsp3) is 0.700. The fourth-order valence-electron chi connectivity index (χ4n) is 3.15. The molecular formula is C10H12O3. The molecule has 1 spiro atoms. The maximum atomic E-state index is 11.4. The van der Waals surface area contributed by atoms with Crippen LogP contribution in [0.15, 0.2) is 11.6 Å². The molecule has 2 fully saturated rings. The Labute approximate surface area is 76.1 Å². The van der Waals surface area contributed by atoms with Gasteiger partial charge in [0.25, 0.3) is 0 Å². The van der Waals surface area contributed by atoms with Gasteiger partial charge in [0.2, 0.25) is 0 Å². The lowest BCUT2D eigenvalue weighted by atomic mass is 9.84. The van der Waals surface area contributed by atoms with Crippen molar-refractivity contribution in [1.82, 2.24) is 0 Å². The molecule has 0 aromatic carbocycles. The van der Waals surface area contributed by atoms with Gasteiger partial charge in [-0.1, -0.05) is 13.0 Å². The van der Waals surface area contributed by atoms with Crippen LogP contribution in [-0.4, -0.2) is 27.7 Å². The number of fused-ring (bicyclic) bond motifs is 1. The van der Waals surface area contributed by atoms with Crippen molar-refractivity contribution in [2.75, 3.05) is 0 Å². The Kier molecular flexibility index (Phi) is 1.03. The number of aliphatic hydroxyl groups is 2. The van der Waals surface area contributed by atoms with E-state index >= 15 is 0 Å². The molecule has 2 N–H and O–H groups in total. The molecule has 3 nitrogen and oxygen atoms in total. The van der Waals surface area contributed by atoms with E-state index in [1.54, 1.807) is 0 Å². The molecule has 0 heterocycles. The average Bonchev–Trinajstić information content (AvgIpc) is 2.52. The third kappa shape index (κ3) is 0.525. The monoisotopic (exact) mass is 180 g/mol. The van der Waals surface area contributed by atoms with E-state index in [0.717, 1.165) is 5.57 Å². The van der Waals surface area contributed by atoms with Crippen molar-refractivity contribution >= 4 is 5.78 Å². The highest BCUT2D eigenvalue weighted by Crippen LogP contribution is 2.69. The zero-order valence-corrected chi connectivity index (χ0v) is 7.45. The Morgan fingerprint density at radius 3 is 2.92 bits per heavy atom. The van der Waals surface area contributed by atoms with Gasteiger partial charge in [0.15, 0.2) is 5.78 Å². The molecule has 0 aromatic heterocycles. The molecule has 3 rings (SSSR count). The Hall–Kier alpha value is -0.670. The number of carbonyl (C=O) groups excluding carboxylic acids is 1. The lowest BCUT2D eigenvalue weighted by Crippen LogP contribution is -2.45. The number of Topliss-reactive ketones (excluding diaryl/α,β-unsaturated/α-hetero) is 1. The Morgan fingerprint density at radius 1 is 1.69 bits per heavy atom. The number of carbonyl (C=O) groups is 1.